The van der Waals surface area contributed by atoms with E-state index in [0.29, 0.717) is 22.9 Å². The molecule has 9 nitrogen and oxygen atoms in total. The maximum Gasteiger partial charge on any atom is 0.264 e. The number of nitrogens with one attached hydrogen (secondary N) is 1. The van der Waals surface area contributed by atoms with Crippen molar-refractivity contribution in [3.8, 4) is 11.5 Å². The second-order valence-corrected chi connectivity index (χ2v) is 12.1. The number of ether oxygens (including phenoxy) is 2. The van der Waals surface area contributed by atoms with Crippen molar-refractivity contribution in [1.82, 2.24) is 10.2 Å². The lowest BCUT2D eigenvalue weighted by Gasteiger charge is -2.32. The van der Waals surface area contributed by atoms with Crippen LogP contribution in [0.2, 0.25) is 5.02 Å². The SMILES string of the molecule is COc1ccc(OC)c(N(CC(=O)N(Cc2cccc(Cl)c2)[C@H](C)C(=O)NCC(C)C)S(=O)(=O)c2ccccc2)c1. The van der Waals surface area contributed by atoms with Crippen molar-refractivity contribution in [3.63, 3.8) is 0 Å². The Labute approximate surface area is 247 Å². The van der Waals surface area contributed by atoms with Crippen LogP contribution < -0.4 is 19.1 Å². The topological polar surface area (TPSA) is 105 Å². The van der Waals surface area contributed by atoms with Crippen molar-refractivity contribution in [2.75, 3.05) is 31.6 Å². The Morgan fingerprint density at radius 2 is 1.63 bits per heavy atom. The summed E-state index contributed by atoms with van der Waals surface area (Å²) in [6.07, 6.45) is 0. The summed E-state index contributed by atoms with van der Waals surface area (Å²) in [5.74, 6) is -0.150. The normalized spacial score (nSPS) is 12.0. The lowest BCUT2D eigenvalue weighted by atomic mass is 10.1. The molecule has 0 saturated heterocycles. The molecule has 0 aliphatic carbocycles. The van der Waals surface area contributed by atoms with E-state index < -0.39 is 28.5 Å². The molecular formula is C30H36ClN3O6S. The number of methoxy groups -OCH3 is 2. The van der Waals surface area contributed by atoms with Gasteiger partial charge in [-0.15, -0.1) is 0 Å². The largest absolute Gasteiger partial charge is 0.497 e. The van der Waals surface area contributed by atoms with Gasteiger partial charge in [-0.1, -0.05) is 55.8 Å². The van der Waals surface area contributed by atoms with Crippen LogP contribution in [0.1, 0.15) is 26.3 Å². The van der Waals surface area contributed by atoms with Gasteiger partial charge in [-0.2, -0.15) is 0 Å². The zero-order valence-corrected chi connectivity index (χ0v) is 25.4. The third-order valence-electron chi connectivity index (χ3n) is 6.36. The molecule has 0 bridgehead atoms. The number of benzene rings is 3. The molecule has 11 heteroatoms. The zero-order chi connectivity index (χ0) is 30.2. The van der Waals surface area contributed by atoms with Gasteiger partial charge in [0.2, 0.25) is 11.8 Å². The Kier molecular flexibility index (Phi) is 11.0. The second kappa shape index (κ2) is 14.2. The highest BCUT2D eigenvalue weighted by Gasteiger charge is 2.34. The highest BCUT2D eigenvalue weighted by molar-refractivity contribution is 7.92. The molecule has 0 aromatic heterocycles. The van der Waals surface area contributed by atoms with Gasteiger partial charge in [0.1, 0.15) is 24.1 Å². The van der Waals surface area contributed by atoms with Gasteiger partial charge in [0.05, 0.1) is 24.8 Å². The van der Waals surface area contributed by atoms with E-state index in [4.69, 9.17) is 21.1 Å². The van der Waals surface area contributed by atoms with Gasteiger partial charge in [0.15, 0.2) is 0 Å². The maximum absolute atomic E-state index is 14.1. The average Bonchev–Trinajstić information content (AvgIpc) is 2.96. The Hall–Kier alpha value is -3.76. The molecule has 3 rings (SSSR count). The molecule has 0 aliphatic rings. The van der Waals surface area contributed by atoms with Crippen molar-refractivity contribution in [3.05, 3.63) is 83.4 Å². The molecule has 0 saturated carbocycles. The van der Waals surface area contributed by atoms with Crippen LogP contribution in [-0.4, -0.2) is 58.5 Å². The molecule has 1 N–H and O–H groups in total. The summed E-state index contributed by atoms with van der Waals surface area (Å²) in [6.45, 7) is 5.40. The van der Waals surface area contributed by atoms with E-state index in [2.05, 4.69) is 5.32 Å². The van der Waals surface area contributed by atoms with Gasteiger partial charge in [-0.05, 0) is 54.8 Å². The van der Waals surface area contributed by atoms with Crippen LogP contribution in [0.15, 0.2) is 77.7 Å². The van der Waals surface area contributed by atoms with Gasteiger partial charge in [-0.25, -0.2) is 8.42 Å². The molecule has 2 amide bonds. The summed E-state index contributed by atoms with van der Waals surface area (Å²) in [5, 5.41) is 3.33. The van der Waals surface area contributed by atoms with Gasteiger partial charge < -0.3 is 19.7 Å². The van der Waals surface area contributed by atoms with E-state index >= 15 is 0 Å². The van der Waals surface area contributed by atoms with Gasteiger partial charge >= 0.3 is 0 Å². The van der Waals surface area contributed by atoms with Gasteiger partial charge in [0.25, 0.3) is 10.0 Å². The lowest BCUT2D eigenvalue weighted by molar-refractivity contribution is -0.139. The summed E-state index contributed by atoms with van der Waals surface area (Å²) in [6, 6.07) is 18.5. The minimum atomic E-state index is -4.26. The van der Waals surface area contributed by atoms with Crippen LogP contribution in [-0.2, 0) is 26.2 Å². The van der Waals surface area contributed by atoms with Crippen LogP contribution in [0.3, 0.4) is 0 Å². The number of sulfonamides is 1. The van der Waals surface area contributed by atoms with Crippen molar-refractivity contribution >= 4 is 39.1 Å². The molecular weight excluding hydrogens is 566 g/mol. The number of nitrogens with zero attached hydrogens (tertiary/aromatic N) is 2. The smallest absolute Gasteiger partial charge is 0.264 e. The van der Waals surface area contributed by atoms with Crippen LogP contribution in [0.4, 0.5) is 5.69 Å². The summed E-state index contributed by atoms with van der Waals surface area (Å²) in [7, 11) is -1.39. The molecule has 1 atom stereocenters. The average molecular weight is 602 g/mol. The third-order valence-corrected chi connectivity index (χ3v) is 8.37. The van der Waals surface area contributed by atoms with Crippen LogP contribution in [0.25, 0.3) is 0 Å². The Balaban J connectivity index is 2.09. The maximum atomic E-state index is 14.1. The molecule has 0 unspecified atom stereocenters. The predicted octanol–water partition coefficient (Wildman–Crippen LogP) is 4.74. The number of rotatable bonds is 13. The first-order valence-corrected chi connectivity index (χ1v) is 14.9. The summed E-state index contributed by atoms with van der Waals surface area (Å²) >= 11 is 6.19. The fourth-order valence-electron chi connectivity index (χ4n) is 4.09. The minimum Gasteiger partial charge on any atom is -0.497 e. The number of halogens is 1. The number of amides is 2. The third kappa shape index (κ3) is 8.14. The Morgan fingerprint density at radius 1 is 0.927 bits per heavy atom. The lowest BCUT2D eigenvalue weighted by Crippen LogP contribution is -2.51. The predicted molar refractivity (Wildman–Crippen MR) is 160 cm³/mol. The molecule has 3 aromatic carbocycles. The van der Waals surface area contributed by atoms with Crippen LogP contribution >= 0.6 is 11.6 Å². The van der Waals surface area contributed by atoms with Gasteiger partial charge in [0, 0.05) is 24.2 Å². The number of carbonyl (C=O) groups is 2. The summed E-state index contributed by atoms with van der Waals surface area (Å²) in [5.41, 5.74) is 0.800. The second-order valence-electron chi connectivity index (χ2n) is 9.83. The summed E-state index contributed by atoms with van der Waals surface area (Å²) in [4.78, 5) is 28.5. The van der Waals surface area contributed by atoms with Crippen LogP contribution in [0.5, 0.6) is 11.5 Å². The highest BCUT2D eigenvalue weighted by Crippen LogP contribution is 2.36. The molecule has 0 spiro atoms. The fraction of sp³-hybridized carbons (Fsp3) is 0.333. The van der Waals surface area contributed by atoms with E-state index in [1.165, 1.54) is 37.3 Å². The van der Waals surface area contributed by atoms with Crippen LogP contribution in [0, 0.1) is 5.92 Å². The Bertz CT molecular complexity index is 1450. The number of hydrogen-bond donors (Lipinski definition) is 1. The van der Waals surface area contributed by atoms with E-state index in [0.717, 1.165) is 4.31 Å². The zero-order valence-electron chi connectivity index (χ0n) is 23.8. The first-order valence-electron chi connectivity index (χ1n) is 13.1. The highest BCUT2D eigenvalue weighted by atomic mass is 35.5. The quantitative estimate of drug-likeness (QED) is 0.303. The minimum absolute atomic E-state index is 0.0122. The van der Waals surface area contributed by atoms with E-state index in [9.17, 15) is 18.0 Å². The Morgan fingerprint density at radius 3 is 2.24 bits per heavy atom. The van der Waals surface area contributed by atoms with Crippen molar-refractivity contribution < 1.29 is 27.5 Å². The standard InChI is InChI=1S/C30H36ClN3O6S/c1-21(2)18-32-30(36)22(3)33(19-23-10-9-11-24(31)16-23)29(35)20-34(41(37,38)26-12-7-6-8-13-26)27-17-25(39-4)14-15-28(27)40-5/h6-17,21-22H,18-20H2,1-5H3,(H,32,36)/t22-/m1/s1. The number of carbonyl (C=O) groups excluding carboxylic acids is 2. The molecule has 0 aliphatic heterocycles. The summed E-state index contributed by atoms with van der Waals surface area (Å²) < 4.78 is 39.8. The molecule has 0 heterocycles. The molecule has 3 aromatic rings. The molecule has 0 fully saturated rings. The molecule has 0 radical (unpaired) electrons. The monoisotopic (exact) mass is 601 g/mol. The van der Waals surface area contributed by atoms with E-state index in [-0.39, 0.29) is 34.7 Å². The van der Waals surface area contributed by atoms with Crippen molar-refractivity contribution in [2.24, 2.45) is 5.92 Å². The first-order chi connectivity index (χ1) is 19.5. The molecule has 220 valence electrons. The van der Waals surface area contributed by atoms with Gasteiger partial charge in [-0.3, -0.25) is 13.9 Å². The molecule has 41 heavy (non-hydrogen) atoms. The van der Waals surface area contributed by atoms with Crippen molar-refractivity contribution in [2.45, 2.75) is 38.3 Å². The van der Waals surface area contributed by atoms with E-state index in [1.807, 2.05) is 13.8 Å². The number of anilines is 1. The fourth-order valence-corrected chi connectivity index (χ4v) is 5.74. The first kappa shape index (κ1) is 31.8. The number of hydrogen-bond acceptors (Lipinski definition) is 6. The van der Waals surface area contributed by atoms with Crippen molar-refractivity contribution in [1.29, 1.82) is 0 Å². The van der Waals surface area contributed by atoms with E-state index in [1.54, 1.807) is 61.5 Å².